The van der Waals surface area contributed by atoms with Crippen molar-refractivity contribution in [2.24, 2.45) is 5.92 Å². The van der Waals surface area contributed by atoms with Crippen LogP contribution in [0.3, 0.4) is 0 Å². The van der Waals surface area contributed by atoms with Gasteiger partial charge in [-0.05, 0) is 30.5 Å². The first-order valence-electron chi connectivity index (χ1n) is 10.6. The lowest BCUT2D eigenvalue weighted by molar-refractivity contribution is -0.136. The van der Waals surface area contributed by atoms with E-state index >= 15 is 0 Å². The number of carbonyl (C=O) groups is 1. The molecule has 0 bridgehead atoms. The van der Waals surface area contributed by atoms with E-state index in [1.807, 2.05) is 26.0 Å². The van der Waals surface area contributed by atoms with E-state index in [0.717, 1.165) is 50.5 Å². The fourth-order valence-corrected chi connectivity index (χ4v) is 5.14. The average Bonchev–Trinajstić information content (AvgIpc) is 3.33. The molecule has 0 aliphatic carbocycles. The SMILES string of the molecule is CC(C)C(=O)N1CCC2(CC1)CN(Cc1cccc3c1OCO3)c1ccccc12. The number of anilines is 1. The molecule has 0 N–H and O–H groups in total. The van der Waals surface area contributed by atoms with Crippen LogP contribution < -0.4 is 14.4 Å². The highest BCUT2D eigenvalue weighted by atomic mass is 16.7. The van der Waals surface area contributed by atoms with Gasteiger partial charge in [-0.2, -0.15) is 0 Å². The first-order chi connectivity index (χ1) is 14.1. The Morgan fingerprint density at radius 1 is 1.07 bits per heavy atom. The van der Waals surface area contributed by atoms with Crippen LogP contribution in [0.25, 0.3) is 0 Å². The van der Waals surface area contributed by atoms with Crippen molar-refractivity contribution in [1.82, 2.24) is 4.90 Å². The Bertz CT molecular complexity index is 931. The lowest BCUT2D eigenvalue weighted by atomic mass is 9.74. The maximum absolute atomic E-state index is 12.5. The summed E-state index contributed by atoms with van der Waals surface area (Å²) in [6.07, 6.45) is 2.04. The molecule has 5 nitrogen and oxygen atoms in total. The van der Waals surface area contributed by atoms with Crippen LogP contribution in [0.2, 0.25) is 0 Å². The van der Waals surface area contributed by atoms with E-state index in [1.165, 1.54) is 16.8 Å². The molecule has 0 radical (unpaired) electrons. The lowest BCUT2D eigenvalue weighted by Gasteiger charge is -2.40. The third-order valence-electron chi connectivity index (χ3n) is 6.68. The summed E-state index contributed by atoms with van der Waals surface area (Å²) in [7, 11) is 0. The van der Waals surface area contributed by atoms with Gasteiger partial charge in [-0.1, -0.05) is 44.2 Å². The molecule has 29 heavy (non-hydrogen) atoms. The van der Waals surface area contributed by atoms with E-state index in [-0.39, 0.29) is 17.2 Å². The largest absolute Gasteiger partial charge is 0.454 e. The average molecular weight is 392 g/mol. The summed E-state index contributed by atoms with van der Waals surface area (Å²) in [5.74, 6) is 2.06. The number of rotatable bonds is 3. The zero-order chi connectivity index (χ0) is 20.0. The number of fused-ring (bicyclic) bond motifs is 3. The van der Waals surface area contributed by atoms with Crippen LogP contribution in [0.4, 0.5) is 5.69 Å². The second kappa shape index (κ2) is 6.97. The summed E-state index contributed by atoms with van der Waals surface area (Å²) < 4.78 is 11.3. The molecule has 2 aromatic carbocycles. The standard InChI is InChI=1S/C24H28N2O3/c1-17(2)23(27)25-12-10-24(11-13-25)15-26(20-8-4-3-7-19(20)24)14-18-6-5-9-21-22(18)29-16-28-21/h3-9,17H,10-16H2,1-2H3. The number of hydrogen-bond acceptors (Lipinski definition) is 4. The quantitative estimate of drug-likeness (QED) is 0.793. The Balaban J connectivity index is 1.40. The van der Waals surface area contributed by atoms with Crippen molar-refractivity contribution in [2.45, 2.75) is 38.6 Å². The third kappa shape index (κ3) is 3.04. The first kappa shape index (κ1) is 18.3. The van der Waals surface area contributed by atoms with E-state index in [2.05, 4.69) is 40.1 Å². The highest BCUT2D eigenvalue weighted by Crippen LogP contribution is 2.48. The van der Waals surface area contributed by atoms with Crippen LogP contribution >= 0.6 is 0 Å². The molecule has 152 valence electrons. The van der Waals surface area contributed by atoms with Crippen LogP contribution in [-0.4, -0.2) is 37.2 Å². The van der Waals surface area contributed by atoms with E-state index in [0.29, 0.717) is 6.79 Å². The Hall–Kier alpha value is -2.69. The molecule has 3 aliphatic rings. The minimum Gasteiger partial charge on any atom is -0.454 e. The fourth-order valence-electron chi connectivity index (χ4n) is 5.14. The molecule has 5 heteroatoms. The van der Waals surface area contributed by atoms with E-state index in [4.69, 9.17) is 9.47 Å². The van der Waals surface area contributed by atoms with Gasteiger partial charge in [-0.3, -0.25) is 4.79 Å². The van der Waals surface area contributed by atoms with Crippen LogP contribution in [-0.2, 0) is 16.8 Å². The molecular formula is C24H28N2O3. The Morgan fingerprint density at radius 3 is 2.66 bits per heavy atom. The Morgan fingerprint density at radius 2 is 1.86 bits per heavy atom. The van der Waals surface area contributed by atoms with E-state index < -0.39 is 0 Å². The number of likely N-dealkylation sites (tertiary alicyclic amines) is 1. The van der Waals surface area contributed by atoms with Crippen LogP contribution in [0.1, 0.15) is 37.8 Å². The summed E-state index contributed by atoms with van der Waals surface area (Å²) in [6.45, 7) is 7.76. The number of hydrogen-bond donors (Lipinski definition) is 0. The molecule has 2 aromatic rings. The molecule has 1 amide bonds. The number of para-hydroxylation sites is 2. The van der Waals surface area contributed by atoms with Crippen molar-refractivity contribution in [3.8, 4) is 11.5 Å². The number of piperidine rings is 1. The van der Waals surface area contributed by atoms with E-state index in [9.17, 15) is 4.79 Å². The van der Waals surface area contributed by atoms with Gasteiger partial charge in [-0.25, -0.2) is 0 Å². The number of benzene rings is 2. The molecule has 0 unspecified atom stereocenters. The number of ether oxygens (including phenoxy) is 2. The predicted molar refractivity (Wildman–Crippen MR) is 112 cm³/mol. The van der Waals surface area contributed by atoms with Crippen molar-refractivity contribution in [1.29, 1.82) is 0 Å². The Kier molecular flexibility index (Phi) is 4.41. The molecular weight excluding hydrogens is 364 g/mol. The van der Waals surface area contributed by atoms with Crippen molar-refractivity contribution >= 4 is 11.6 Å². The first-order valence-corrected chi connectivity index (χ1v) is 10.6. The molecule has 0 saturated carbocycles. The van der Waals surface area contributed by atoms with E-state index in [1.54, 1.807) is 0 Å². The number of carbonyl (C=O) groups excluding carboxylic acids is 1. The monoisotopic (exact) mass is 392 g/mol. The minimum atomic E-state index is 0.0683. The summed E-state index contributed by atoms with van der Waals surface area (Å²) in [5.41, 5.74) is 4.04. The van der Waals surface area contributed by atoms with Gasteiger partial charge in [0.2, 0.25) is 12.7 Å². The van der Waals surface area contributed by atoms with Gasteiger partial charge >= 0.3 is 0 Å². The zero-order valence-electron chi connectivity index (χ0n) is 17.2. The second-order valence-electron chi connectivity index (χ2n) is 8.78. The van der Waals surface area contributed by atoms with Crippen molar-refractivity contribution in [3.63, 3.8) is 0 Å². The highest BCUT2D eigenvalue weighted by Gasteiger charge is 2.45. The smallest absolute Gasteiger partial charge is 0.231 e. The predicted octanol–water partition coefficient (Wildman–Crippen LogP) is 3.95. The van der Waals surface area contributed by atoms with Crippen molar-refractivity contribution < 1.29 is 14.3 Å². The van der Waals surface area contributed by atoms with Crippen molar-refractivity contribution in [3.05, 3.63) is 53.6 Å². The van der Waals surface area contributed by atoms with Gasteiger partial charge in [0.25, 0.3) is 0 Å². The van der Waals surface area contributed by atoms with Crippen LogP contribution in [0, 0.1) is 5.92 Å². The topological polar surface area (TPSA) is 42.0 Å². The minimum absolute atomic E-state index is 0.0683. The Labute approximate surface area is 172 Å². The number of nitrogens with zero attached hydrogens (tertiary/aromatic N) is 2. The fraction of sp³-hybridized carbons (Fsp3) is 0.458. The maximum atomic E-state index is 12.5. The number of amides is 1. The van der Waals surface area contributed by atoms with Gasteiger partial charge in [0.15, 0.2) is 11.5 Å². The maximum Gasteiger partial charge on any atom is 0.231 e. The molecule has 1 fully saturated rings. The normalized spacial score (nSPS) is 19.1. The summed E-state index contributed by atoms with van der Waals surface area (Å²) in [4.78, 5) is 17.0. The third-order valence-corrected chi connectivity index (χ3v) is 6.68. The molecule has 3 heterocycles. The zero-order valence-corrected chi connectivity index (χ0v) is 17.2. The summed E-state index contributed by atoms with van der Waals surface area (Å²) >= 11 is 0. The molecule has 1 saturated heterocycles. The summed E-state index contributed by atoms with van der Waals surface area (Å²) in [6, 6.07) is 14.9. The molecule has 0 atom stereocenters. The van der Waals surface area contributed by atoms with Gasteiger partial charge in [-0.15, -0.1) is 0 Å². The van der Waals surface area contributed by atoms with Crippen LogP contribution in [0.5, 0.6) is 11.5 Å². The molecule has 3 aliphatic heterocycles. The highest BCUT2D eigenvalue weighted by molar-refractivity contribution is 5.78. The van der Waals surface area contributed by atoms with Crippen molar-refractivity contribution in [2.75, 3.05) is 31.3 Å². The molecule has 5 rings (SSSR count). The van der Waals surface area contributed by atoms with Crippen LogP contribution in [0.15, 0.2) is 42.5 Å². The lowest BCUT2D eigenvalue weighted by Crippen LogP contribution is -2.48. The molecule has 0 aromatic heterocycles. The molecule has 1 spiro atoms. The summed E-state index contributed by atoms with van der Waals surface area (Å²) in [5, 5.41) is 0. The van der Waals surface area contributed by atoms with Gasteiger partial charge < -0.3 is 19.3 Å². The van der Waals surface area contributed by atoms with Gasteiger partial charge in [0, 0.05) is 48.8 Å². The van der Waals surface area contributed by atoms with Gasteiger partial charge in [0.05, 0.1) is 0 Å². The van der Waals surface area contributed by atoms with Gasteiger partial charge in [0.1, 0.15) is 0 Å². The second-order valence-corrected chi connectivity index (χ2v) is 8.78.